The zero-order chi connectivity index (χ0) is 23.9. The number of likely N-dealkylation sites (tertiary alicyclic amines) is 1. The van der Waals surface area contributed by atoms with E-state index in [1.165, 1.54) is 19.3 Å². The molecule has 2 aromatic rings. The Balaban J connectivity index is 1.35. The molecule has 0 radical (unpaired) electrons. The molecule has 1 saturated carbocycles. The lowest BCUT2D eigenvalue weighted by molar-refractivity contribution is -0.137. The number of hydrogen-bond donors (Lipinski definition) is 1. The molecule has 2 unspecified atom stereocenters. The standard InChI is InChI=1S/C27H37FN2O3S/c1-33-21-7-9-26-24(17-21)23(11-13-29-26)25(28)8-5-19-12-14-30(15-16-34-22-3-2-4-22)18-20(19)6-10-27(31)32/h7,9,11,13,17,19-20,22,25H,2-6,8,10,12,14-16,18H2,1H3,(H,31,32)/t19?,20?,25-/m0/s1. The Hall–Kier alpha value is -1.86. The van der Waals surface area contributed by atoms with Gasteiger partial charge in [-0.25, -0.2) is 4.39 Å². The van der Waals surface area contributed by atoms with Crippen molar-refractivity contribution in [3.63, 3.8) is 0 Å². The summed E-state index contributed by atoms with van der Waals surface area (Å²) in [6, 6.07) is 7.35. The van der Waals surface area contributed by atoms with Crippen molar-refractivity contribution < 1.29 is 19.0 Å². The van der Waals surface area contributed by atoms with E-state index in [1.807, 2.05) is 18.2 Å². The number of halogens is 1. The highest BCUT2D eigenvalue weighted by atomic mass is 32.2. The van der Waals surface area contributed by atoms with Crippen LogP contribution >= 0.6 is 11.8 Å². The van der Waals surface area contributed by atoms with Gasteiger partial charge in [0.25, 0.3) is 0 Å². The van der Waals surface area contributed by atoms with Crippen LogP contribution in [0.1, 0.15) is 63.1 Å². The van der Waals surface area contributed by atoms with Crippen LogP contribution < -0.4 is 4.74 Å². The summed E-state index contributed by atoms with van der Waals surface area (Å²) in [4.78, 5) is 18.1. The first kappa shape index (κ1) is 25.2. The van der Waals surface area contributed by atoms with Gasteiger partial charge < -0.3 is 14.7 Å². The molecule has 1 aromatic carbocycles. The number of nitrogens with zero attached hydrogens (tertiary/aromatic N) is 2. The van der Waals surface area contributed by atoms with E-state index in [2.05, 4.69) is 21.6 Å². The van der Waals surface area contributed by atoms with Crippen LogP contribution in [0.5, 0.6) is 5.75 Å². The minimum Gasteiger partial charge on any atom is -0.497 e. The number of aliphatic carboxylic acids is 1. The van der Waals surface area contributed by atoms with Gasteiger partial charge in [-0.3, -0.25) is 9.78 Å². The Morgan fingerprint density at radius 1 is 1.26 bits per heavy atom. The molecule has 1 aliphatic heterocycles. The number of piperidine rings is 1. The van der Waals surface area contributed by atoms with Crippen LogP contribution in [0.3, 0.4) is 0 Å². The summed E-state index contributed by atoms with van der Waals surface area (Å²) < 4.78 is 20.8. The van der Waals surface area contributed by atoms with E-state index in [4.69, 9.17) is 4.74 Å². The number of methoxy groups -OCH3 is 1. The van der Waals surface area contributed by atoms with Crippen LogP contribution in [0, 0.1) is 11.8 Å². The van der Waals surface area contributed by atoms with E-state index < -0.39 is 12.1 Å². The average Bonchev–Trinajstić information content (AvgIpc) is 2.82. The van der Waals surface area contributed by atoms with Crippen LogP contribution in [0.15, 0.2) is 30.5 Å². The Bertz CT molecular complexity index is 955. The predicted octanol–water partition coefficient (Wildman–Crippen LogP) is 6.12. The zero-order valence-electron chi connectivity index (χ0n) is 20.1. The van der Waals surface area contributed by atoms with Crippen molar-refractivity contribution in [1.29, 1.82) is 0 Å². The van der Waals surface area contributed by atoms with Crippen molar-refractivity contribution in [1.82, 2.24) is 9.88 Å². The number of hydrogen-bond acceptors (Lipinski definition) is 5. The highest BCUT2D eigenvalue weighted by Gasteiger charge is 2.30. The van der Waals surface area contributed by atoms with Gasteiger partial charge in [0.15, 0.2) is 0 Å². The lowest BCUT2D eigenvalue weighted by atomic mass is 9.79. The first-order chi connectivity index (χ1) is 16.5. The van der Waals surface area contributed by atoms with Gasteiger partial charge in [-0.05, 0) is 86.7 Å². The monoisotopic (exact) mass is 488 g/mol. The van der Waals surface area contributed by atoms with Gasteiger partial charge in [-0.2, -0.15) is 11.8 Å². The first-order valence-electron chi connectivity index (χ1n) is 12.7. The molecule has 2 heterocycles. The summed E-state index contributed by atoms with van der Waals surface area (Å²) >= 11 is 2.09. The predicted molar refractivity (Wildman–Crippen MR) is 136 cm³/mol. The lowest BCUT2D eigenvalue weighted by Crippen LogP contribution is -2.42. The van der Waals surface area contributed by atoms with Crippen molar-refractivity contribution in [2.24, 2.45) is 11.8 Å². The van der Waals surface area contributed by atoms with Gasteiger partial charge in [0.2, 0.25) is 0 Å². The third kappa shape index (κ3) is 6.63. The summed E-state index contributed by atoms with van der Waals surface area (Å²) in [6.07, 6.45) is 7.82. The smallest absolute Gasteiger partial charge is 0.303 e. The molecule has 1 saturated heterocycles. The fourth-order valence-corrected chi connectivity index (χ4v) is 6.69. The normalized spacial score (nSPS) is 22.4. The number of fused-ring (bicyclic) bond motifs is 1. The quantitative estimate of drug-likeness (QED) is 0.388. The molecule has 186 valence electrons. The molecule has 0 spiro atoms. The zero-order valence-corrected chi connectivity index (χ0v) is 20.9. The Kier molecular flexibility index (Phi) is 9.06. The summed E-state index contributed by atoms with van der Waals surface area (Å²) in [5.74, 6) is 1.81. The molecule has 34 heavy (non-hydrogen) atoms. The van der Waals surface area contributed by atoms with Crippen molar-refractivity contribution in [3.8, 4) is 5.75 Å². The molecule has 7 heteroatoms. The van der Waals surface area contributed by atoms with Gasteiger partial charge in [0.05, 0.1) is 12.6 Å². The Labute approximate surface area is 206 Å². The molecule has 2 fully saturated rings. The van der Waals surface area contributed by atoms with E-state index in [-0.39, 0.29) is 6.42 Å². The Morgan fingerprint density at radius 3 is 2.85 bits per heavy atom. The molecule has 3 atom stereocenters. The number of aromatic nitrogens is 1. The molecule has 2 aliphatic rings. The molecule has 1 aliphatic carbocycles. The summed E-state index contributed by atoms with van der Waals surface area (Å²) in [6.45, 7) is 3.05. The number of carbonyl (C=O) groups is 1. The second kappa shape index (κ2) is 12.2. The number of ether oxygens (including phenoxy) is 1. The molecule has 0 bridgehead atoms. The van der Waals surface area contributed by atoms with E-state index >= 15 is 4.39 Å². The third-order valence-electron chi connectivity index (χ3n) is 7.63. The molecule has 1 N–H and O–H groups in total. The SMILES string of the molecule is COc1ccc2nccc([C@@H](F)CCC3CCN(CCSC4CCC4)CC3CCC(=O)O)c2c1. The van der Waals surface area contributed by atoms with Gasteiger partial charge in [-0.15, -0.1) is 0 Å². The molecule has 1 aromatic heterocycles. The van der Waals surface area contributed by atoms with Gasteiger partial charge in [0.1, 0.15) is 11.9 Å². The number of benzene rings is 1. The second-order valence-electron chi connectivity index (χ2n) is 9.79. The highest BCUT2D eigenvalue weighted by Crippen LogP contribution is 2.37. The minimum atomic E-state index is -1.07. The van der Waals surface area contributed by atoms with E-state index in [1.54, 1.807) is 19.4 Å². The van der Waals surface area contributed by atoms with E-state index in [9.17, 15) is 9.90 Å². The van der Waals surface area contributed by atoms with Crippen molar-refractivity contribution in [2.75, 3.05) is 32.5 Å². The molecule has 4 rings (SSSR count). The summed E-state index contributed by atoms with van der Waals surface area (Å²) in [7, 11) is 1.61. The van der Waals surface area contributed by atoms with Crippen molar-refractivity contribution in [2.45, 2.75) is 62.8 Å². The Morgan fingerprint density at radius 2 is 2.12 bits per heavy atom. The second-order valence-corrected chi connectivity index (χ2v) is 11.2. The minimum absolute atomic E-state index is 0.194. The number of carboxylic acid groups (broad SMARTS) is 1. The number of thioether (sulfide) groups is 1. The molecular weight excluding hydrogens is 451 g/mol. The maximum absolute atomic E-state index is 15.5. The number of pyridine rings is 1. The number of rotatable bonds is 12. The van der Waals surface area contributed by atoms with E-state index in [0.717, 1.165) is 54.4 Å². The summed E-state index contributed by atoms with van der Waals surface area (Å²) in [5.41, 5.74) is 1.44. The molecular formula is C27H37FN2O3S. The van der Waals surface area contributed by atoms with Crippen molar-refractivity contribution in [3.05, 3.63) is 36.0 Å². The maximum Gasteiger partial charge on any atom is 0.303 e. The van der Waals surface area contributed by atoms with E-state index in [0.29, 0.717) is 36.0 Å². The third-order valence-corrected chi connectivity index (χ3v) is 8.99. The average molecular weight is 489 g/mol. The van der Waals surface area contributed by atoms with Gasteiger partial charge >= 0.3 is 5.97 Å². The molecule has 5 nitrogen and oxygen atoms in total. The van der Waals surface area contributed by atoms with Crippen LogP contribution in [0.25, 0.3) is 10.9 Å². The number of carboxylic acids is 1. The van der Waals surface area contributed by atoms with Crippen LogP contribution in [0.2, 0.25) is 0 Å². The number of alkyl halides is 1. The lowest BCUT2D eigenvalue weighted by Gasteiger charge is -2.39. The van der Waals surface area contributed by atoms with Crippen molar-refractivity contribution >= 4 is 28.6 Å². The van der Waals surface area contributed by atoms with Crippen LogP contribution in [0.4, 0.5) is 4.39 Å². The van der Waals surface area contributed by atoms with Crippen LogP contribution in [-0.2, 0) is 4.79 Å². The fraction of sp³-hybridized carbons (Fsp3) is 0.630. The van der Waals surface area contributed by atoms with Gasteiger partial charge in [0, 0.05) is 42.1 Å². The highest BCUT2D eigenvalue weighted by molar-refractivity contribution is 7.99. The molecule has 0 amide bonds. The summed E-state index contributed by atoms with van der Waals surface area (Å²) in [5, 5.41) is 10.9. The first-order valence-corrected chi connectivity index (χ1v) is 13.7. The van der Waals surface area contributed by atoms with Gasteiger partial charge in [-0.1, -0.05) is 6.42 Å². The van der Waals surface area contributed by atoms with Crippen LogP contribution in [-0.4, -0.2) is 58.7 Å². The maximum atomic E-state index is 15.5. The largest absolute Gasteiger partial charge is 0.497 e. The fourth-order valence-electron chi connectivity index (χ4n) is 5.32. The topological polar surface area (TPSA) is 62.7 Å².